The van der Waals surface area contributed by atoms with Crippen molar-refractivity contribution in [2.45, 2.75) is 26.8 Å². The molecular formula is C25H20F2N6. The number of rotatable bonds is 5. The molecule has 33 heavy (non-hydrogen) atoms. The number of aromatic nitrogens is 5. The first kappa shape index (κ1) is 20.8. The van der Waals surface area contributed by atoms with Crippen molar-refractivity contribution in [1.29, 1.82) is 5.26 Å². The molecular weight excluding hydrogens is 422 g/mol. The Balaban J connectivity index is 1.53. The van der Waals surface area contributed by atoms with Gasteiger partial charge in [0.2, 0.25) is 0 Å². The predicted octanol–water partition coefficient (Wildman–Crippen LogP) is 5.17. The third-order valence-electron chi connectivity index (χ3n) is 5.53. The van der Waals surface area contributed by atoms with Gasteiger partial charge in [-0.25, -0.2) is 18.4 Å². The van der Waals surface area contributed by atoms with E-state index >= 15 is 0 Å². The minimum Gasteiger partial charge on any atom is -0.260 e. The van der Waals surface area contributed by atoms with Gasteiger partial charge in [0.15, 0.2) is 17.3 Å². The largest absolute Gasteiger partial charge is 0.260 e. The zero-order chi connectivity index (χ0) is 23.1. The Morgan fingerprint density at radius 3 is 2.55 bits per heavy atom. The van der Waals surface area contributed by atoms with Crippen molar-refractivity contribution in [3.05, 3.63) is 83.3 Å². The van der Waals surface area contributed by atoms with Gasteiger partial charge in [-0.15, -0.1) is 0 Å². The van der Waals surface area contributed by atoms with Crippen LogP contribution in [-0.4, -0.2) is 24.5 Å². The molecule has 0 atom stereocenters. The summed E-state index contributed by atoms with van der Waals surface area (Å²) >= 11 is 0. The predicted molar refractivity (Wildman–Crippen MR) is 121 cm³/mol. The molecule has 0 unspecified atom stereocenters. The van der Waals surface area contributed by atoms with E-state index in [4.69, 9.17) is 4.98 Å². The van der Waals surface area contributed by atoms with Crippen molar-refractivity contribution in [3.63, 3.8) is 0 Å². The molecule has 3 aromatic heterocycles. The molecule has 0 saturated carbocycles. The van der Waals surface area contributed by atoms with Crippen molar-refractivity contribution in [1.82, 2.24) is 24.5 Å². The lowest BCUT2D eigenvalue weighted by Gasteiger charge is -2.09. The number of hydrogen-bond acceptors (Lipinski definition) is 4. The molecule has 5 rings (SSSR count). The van der Waals surface area contributed by atoms with E-state index in [1.807, 2.05) is 24.3 Å². The average Bonchev–Trinajstić information content (AvgIpc) is 3.38. The van der Waals surface area contributed by atoms with Crippen LogP contribution in [0, 0.1) is 28.9 Å². The molecule has 0 radical (unpaired) electrons. The maximum absolute atomic E-state index is 13.6. The highest BCUT2D eigenvalue weighted by atomic mass is 19.2. The molecule has 8 heteroatoms. The van der Waals surface area contributed by atoms with E-state index in [0.717, 1.165) is 33.7 Å². The van der Waals surface area contributed by atoms with E-state index < -0.39 is 11.6 Å². The molecule has 0 saturated heterocycles. The van der Waals surface area contributed by atoms with Crippen LogP contribution in [-0.2, 0) is 13.0 Å². The zero-order valence-electron chi connectivity index (χ0n) is 18.1. The molecule has 0 aliphatic rings. The molecule has 0 bridgehead atoms. The highest BCUT2D eigenvalue weighted by Crippen LogP contribution is 2.24. The van der Waals surface area contributed by atoms with E-state index in [0.29, 0.717) is 35.7 Å². The minimum absolute atomic E-state index is 0.321. The Labute approximate surface area is 188 Å². The zero-order valence-corrected chi connectivity index (χ0v) is 18.1. The van der Waals surface area contributed by atoms with Gasteiger partial charge in [-0.05, 0) is 54.3 Å². The lowest BCUT2D eigenvalue weighted by atomic mass is 10.0. The molecule has 6 nitrogen and oxygen atoms in total. The standard InChI is InChI=1S/C25H20F2N6/c1-15(2)7-23-17(11-28)9-19-13-30-33(25(19)31-23)20-4-6-24-18(10-20)12-29-32(24)14-16-3-5-21(26)22(27)8-16/h3-6,8-10,12-13,15H,7,14H2,1-2H3. The van der Waals surface area contributed by atoms with Crippen molar-refractivity contribution < 1.29 is 8.78 Å². The SMILES string of the molecule is CC(C)Cc1nc2c(cnn2-c2ccc3c(cnn3Cc3ccc(F)c(F)c3)c2)cc1C#N. The van der Waals surface area contributed by atoms with Crippen molar-refractivity contribution in [2.75, 3.05) is 0 Å². The summed E-state index contributed by atoms with van der Waals surface area (Å²) in [6.07, 6.45) is 4.15. The van der Waals surface area contributed by atoms with E-state index in [-0.39, 0.29) is 0 Å². The summed E-state index contributed by atoms with van der Waals surface area (Å²) in [5.41, 5.74) is 4.33. The van der Waals surface area contributed by atoms with Crippen molar-refractivity contribution >= 4 is 21.9 Å². The van der Waals surface area contributed by atoms with Crippen LogP contribution in [0.2, 0.25) is 0 Å². The van der Waals surface area contributed by atoms with Crippen LogP contribution in [0.1, 0.15) is 30.7 Å². The first-order valence-corrected chi connectivity index (χ1v) is 10.6. The number of benzene rings is 2. The first-order chi connectivity index (χ1) is 15.9. The summed E-state index contributed by atoms with van der Waals surface area (Å²) in [6.45, 7) is 4.51. The molecule has 0 N–H and O–H groups in total. The topological polar surface area (TPSA) is 72.3 Å². The van der Waals surface area contributed by atoms with E-state index in [1.165, 1.54) is 6.07 Å². The Hall–Kier alpha value is -4.12. The van der Waals surface area contributed by atoms with E-state index in [9.17, 15) is 14.0 Å². The van der Waals surface area contributed by atoms with E-state index in [2.05, 4.69) is 30.1 Å². The number of fused-ring (bicyclic) bond motifs is 2. The summed E-state index contributed by atoms with van der Waals surface area (Å²) in [6, 6.07) is 13.7. The maximum atomic E-state index is 13.6. The summed E-state index contributed by atoms with van der Waals surface area (Å²) in [4.78, 5) is 4.77. The summed E-state index contributed by atoms with van der Waals surface area (Å²) in [5, 5.41) is 20.1. The summed E-state index contributed by atoms with van der Waals surface area (Å²) in [7, 11) is 0. The monoisotopic (exact) mass is 442 g/mol. The van der Waals surface area contributed by atoms with Gasteiger partial charge in [0.1, 0.15) is 6.07 Å². The summed E-state index contributed by atoms with van der Waals surface area (Å²) < 4.78 is 30.3. The second-order valence-corrected chi connectivity index (χ2v) is 8.46. The van der Waals surface area contributed by atoms with Gasteiger partial charge in [0.25, 0.3) is 0 Å². The van der Waals surface area contributed by atoms with Crippen LogP contribution in [0.25, 0.3) is 27.6 Å². The van der Waals surface area contributed by atoms with Crippen LogP contribution < -0.4 is 0 Å². The highest BCUT2D eigenvalue weighted by Gasteiger charge is 2.14. The van der Waals surface area contributed by atoms with Gasteiger partial charge in [-0.1, -0.05) is 19.9 Å². The third-order valence-corrected chi connectivity index (χ3v) is 5.53. The van der Waals surface area contributed by atoms with Gasteiger partial charge < -0.3 is 0 Å². The van der Waals surface area contributed by atoms with Crippen LogP contribution in [0.3, 0.4) is 0 Å². The number of halogens is 2. The van der Waals surface area contributed by atoms with Gasteiger partial charge in [-0.3, -0.25) is 4.68 Å². The highest BCUT2D eigenvalue weighted by molar-refractivity contribution is 5.83. The summed E-state index contributed by atoms with van der Waals surface area (Å²) in [5.74, 6) is -1.37. The van der Waals surface area contributed by atoms with Crippen LogP contribution in [0.5, 0.6) is 0 Å². The maximum Gasteiger partial charge on any atom is 0.163 e. The van der Waals surface area contributed by atoms with Crippen LogP contribution in [0.4, 0.5) is 8.78 Å². The van der Waals surface area contributed by atoms with Crippen molar-refractivity contribution in [2.24, 2.45) is 5.92 Å². The number of pyridine rings is 1. The normalized spacial score (nSPS) is 11.5. The average molecular weight is 442 g/mol. The number of nitriles is 1. The quantitative estimate of drug-likeness (QED) is 0.377. The van der Waals surface area contributed by atoms with Gasteiger partial charge in [0.05, 0.1) is 41.4 Å². The molecule has 164 valence electrons. The lowest BCUT2D eigenvalue weighted by molar-refractivity contribution is 0.506. The second kappa shape index (κ2) is 8.10. The molecule has 0 amide bonds. The smallest absolute Gasteiger partial charge is 0.163 e. The fraction of sp³-hybridized carbons (Fsp3) is 0.200. The molecule has 3 heterocycles. The third kappa shape index (κ3) is 3.82. The van der Waals surface area contributed by atoms with Gasteiger partial charge in [-0.2, -0.15) is 15.5 Å². The Morgan fingerprint density at radius 1 is 0.970 bits per heavy atom. The second-order valence-electron chi connectivity index (χ2n) is 8.46. The molecule has 0 fully saturated rings. The van der Waals surface area contributed by atoms with Gasteiger partial charge >= 0.3 is 0 Å². The molecule has 0 aliphatic carbocycles. The van der Waals surface area contributed by atoms with E-state index in [1.54, 1.807) is 27.8 Å². The van der Waals surface area contributed by atoms with Gasteiger partial charge in [0, 0.05) is 10.8 Å². The molecule has 2 aromatic carbocycles. The Kier molecular flexibility index (Phi) is 5.09. The minimum atomic E-state index is -0.874. The van der Waals surface area contributed by atoms with Crippen LogP contribution >= 0.6 is 0 Å². The fourth-order valence-corrected chi connectivity index (χ4v) is 3.97. The number of nitrogens with zero attached hydrogens (tertiary/aromatic N) is 6. The van der Waals surface area contributed by atoms with Crippen LogP contribution in [0.15, 0.2) is 54.9 Å². The lowest BCUT2D eigenvalue weighted by Crippen LogP contribution is -2.04. The molecule has 5 aromatic rings. The number of hydrogen-bond donors (Lipinski definition) is 0. The molecule has 0 spiro atoms. The first-order valence-electron chi connectivity index (χ1n) is 10.6. The molecule has 0 aliphatic heterocycles. The fourth-order valence-electron chi connectivity index (χ4n) is 3.97. The van der Waals surface area contributed by atoms with Crippen molar-refractivity contribution in [3.8, 4) is 11.8 Å². The Bertz CT molecular complexity index is 1540. The Morgan fingerprint density at radius 2 is 1.79 bits per heavy atom.